The zero-order chi connectivity index (χ0) is 30.1. The fourth-order valence-electron chi connectivity index (χ4n) is 6.86. The first-order valence-corrected chi connectivity index (χ1v) is 14.2. The first-order valence-electron chi connectivity index (χ1n) is 14.2. The summed E-state index contributed by atoms with van der Waals surface area (Å²) < 4.78 is 68.6. The van der Waals surface area contributed by atoms with Gasteiger partial charge in [0.25, 0.3) is 0 Å². The highest BCUT2D eigenvalue weighted by molar-refractivity contribution is 5.80. The van der Waals surface area contributed by atoms with Crippen LogP contribution in [0.3, 0.4) is 0 Å². The highest BCUT2D eigenvalue weighted by atomic mass is 19.4. The van der Waals surface area contributed by atoms with Crippen molar-refractivity contribution in [1.82, 2.24) is 9.88 Å². The van der Waals surface area contributed by atoms with Crippen LogP contribution in [0.5, 0.6) is 5.88 Å². The van der Waals surface area contributed by atoms with Gasteiger partial charge in [0.2, 0.25) is 5.88 Å². The number of pyridine rings is 1. The van der Waals surface area contributed by atoms with Crippen molar-refractivity contribution in [1.29, 1.82) is 0 Å². The number of hydrogen-bond acceptors (Lipinski definition) is 5. The first kappa shape index (κ1) is 28.6. The Morgan fingerprint density at radius 2 is 1.76 bits per heavy atom. The van der Waals surface area contributed by atoms with E-state index in [-0.39, 0.29) is 47.5 Å². The van der Waals surface area contributed by atoms with Gasteiger partial charge in [-0.05, 0) is 99.6 Å². The molecule has 1 heterocycles. The van der Waals surface area contributed by atoms with Gasteiger partial charge in [-0.3, -0.25) is 4.79 Å². The summed E-state index contributed by atoms with van der Waals surface area (Å²) >= 11 is 0. The predicted octanol–water partition coefficient (Wildman–Crippen LogP) is 7.18. The molecule has 5 nitrogen and oxygen atoms in total. The van der Waals surface area contributed by atoms with E-state index in [1.165, 1.54) is 18.2 Å². The third kappa shape index (κ3) is 5.16. The van der Waals surface area contributed by atoms with E-state index in [1.807, 2.05) is 45.8 Å². The highest BCUT2D eigenvalue weighted by Crippen LogP contribution is 2.62. The first-order chi connectivity index (χ1) is 19.7. The molecular weight excluding hydrogens is 548 g/mol. The van der Waals surface area contributed by atoms with E-state index in [2.05, 4.69) is 4.98 Å². The quantitative estimate of drug-likeness (QED) is 0.228. The molecule has 6 rings (SSSR count). The minimum absolute atomic E-state index is 0.103. The molecule has 0 spiro atoms. The van der Waals surface area contributed by atoms with Crippen molar-refractivity contribution < 1.29 is 31.8 Å². The summed E-state index contributed by atoms with van der Waals surface area (Å²) in [5.41, 5.74) is 2.70. The van der Waals surface area contributed by atoms with Crippen molar-refractivity contribution in [2.75, 3.05) is 14.1 Å². The zero-order valence-electron chi connectivity index (χ0n) is 24.3. The number of nitrogens with zero attached hydrogens (tertiary/aromatic N) is 2. The van der Waals surface area contributed by atoms with Gasteiger partial charge in [-0.2, -0.15) is 13.2 Å². The molecule has 222 valence electrons. The Balaban J connectivity index is 1.22. The molecule has 0 N–H and O–H groups in total. The Labute approximate surface area is 242 Å². The summed E-state index contributed by atoms with van der Waals surface area (Å²) in [6.07, 6.45) is -1.63. The van der Waals surface area contributed by atoms with Crippen LogP contribution in [0.1, 0.15) is 84.0 Å². The maximum Gasteiger partial charge on any atom is 0.416 e. The fraction of sp³-hybridized carbons (Fsp3) is 0.455. The largest absolute Gasteiger partial charge is 0.473 e. The van der Waals surface area contributed by atoms with Crippen molar-refractivity contribution in [3.05, 3.63) is 93.4 Å². The third-order valence-corrected chi connectivity index (χ3v) is 8.75. The normalized spacial score (nSPS) is 24.3. The van der Waals surface area contributed by atoms with Crippen LogP contribution in [0, 0.1) is 17.7 Å². The van der Waals surface area contributed by atoms with Crippen LogP contribution in [0.2, 0.25) is 0 Å². The zero-order valence-corrected chi connectivity index (χ0v) is 24.3. The Morgan fingerprint density at radius 3 is 2.45 bits per heavy atom. The van der Waals surface area contributed by atoms with Crippen molar-refractivity contribution >= 4 is 5.97 Å². The molecule has 1 saturated carbocycles. The highest BCUT2D eigenvalue weighted by Gasteiger charge is 2.61. The lowest BCUT2D eigenvalue weighted by Gasteiger charge is -2.21. The van der Waals surface area contributed by atoms with Gasteiger partial charge < -0.3 is 14.4 Å². The average Bonchev–Trinajstić information content (AvgIpc) is 3.30. The number of hydrogen-bond donors (Lipinski definition) is 0. The van der Waals surface area contributed by atoms with E-state index in [1.54, 1.807) is 18.3 Å². The molecular formula is C33H34F4N2O3. The fourth-order valence-corrected chi connectivity index (χ4v) is 6.86. The van der Waals surface area contributed by atoms with Crippen LogP contribution in [0.15, 0.2) is 48.7 Å². The van der Waals surface area contributed by atoms with Gasteiger partial charge in [0, 0.05) is 35.7 Å². The Hall–Kier alpha value is -3.46. The van der Waals surface area contributed by atoms with E-state index in [0.29, 0.717) is 23.4 Å². The van der Waals surface area contributed by atoms with Crippen molar-refractivity contribution in [3.63, 3.8) is 0 Å². The molecule has 0 unspecified atom stereocenters. The monoisotopic (exact) mass is 582 g/mol. The number of carbonyl (C=O) groups is 1. The van der Waals surface area contributed by atoms with Gasteiger partial charge in [-0.15, -0.1) is 0 Å². The van der Waals surface area contributed by atoms with E-state index < -0.39 is 29.1 Å². The molecule has 3 aromatic rings. The Bertz CT molecular complexity index is 1550. The second kappa shape index (κ2) is 10.1. The third-order valence-electron chi connectivity index (χ3n) is 8.75. The number of ether oxygens (including phenoxy) is 2. The number of benzene rings is 2. The van der Waals surface area contributed by atoms with Crippen LogP contribution < -0.4 is 4.74 Å². The molecule has 9 heteroatoms. The molecule has 0 amide bonds. The van der Waals surface area contributed by atoms with Gasteiger partial charge in [-0.1, -0.05) is 18.2 Å². The lowest BCUT2D eigenvalue weighted by atomic mass is 9.88. The molecule has 2 aromatic carbocycles. The average molecular weight is 583 g/mol. The number of esters is 1. The van der Waals surface area contributed by atoms with E-state index in [4.69, 9.17) is 9.47 Å². The Kier molecular flexibility index (Phi) is 6.87. The van der Waals surface area contributed by atoms with Crippen LogP contribution in [-0.4, -0.2) is 35.5 Å². The minimum Gasteiger partial charge on any atom is -0.473 e. The second-order valence-electron chi connectivity index (χ2n) is 12.9. The number of carbonyl (C=O) groups excluding carboxylic acids is 1. The van der Waals surface area contributed by atoms with E-state index >= 15 is 4.39 Å². The van der Waals surface area contributed by atoms with Gasteiger partial charge in [-0.25, -0.2) is 9.37 Å². The predicted molar refractivity (Wildman–Crippen MR) is 149 cm³/mol. The van der Waals surface area contributed by atoms with Crippen molar-refractivity contribution in [3.8, 4) is 5.88 Å². The standard InChI is InChI=1S/C33H34F4N2O3/c1-32(2,3)42-31(40)30-23-10-17-12-28(38-15-24(17)29(23)30)41-16-18-11-20-21(14-27(39(4)5)22(20)13-26(18)34)19-8-6-7-9-25(19)33(35,36)37/h6-9,11-13,15,21,23,27,29-30H,10,14,16H2,1-5H3/t21-,23-,27+,29-,30+/m1/s1. The van der Waals surface area contributed by atoms with Crippen LogP contribution in [-0.2, 0) is 28.7 Å². The van der Waals surface area contributed by atoms with Crippen LogP contribution in [0.4, 0.5) is 17.6 Å². The van der Waals surface area contributed by atoms with Crippen molar-refractivity contribution in [2.24, 2.45) is 11.8 Å². The second-order valence-corrected chi connectivity index (χ2v) is 12.9. The summed E-state index contributed by atoms with van der Waals surface area (Å²) in [6.45, 7) is 5.45. The topological polar surface area (TPSA) is 51.7 Å². The molecule has 3 aliphatic carbocycles. The summed E-state index contributed by atoms with van der Waals surface area (Å²) in [6, 6.07) is 10.3. The summed E-state index contributed by atoms with van der Waals surface area (Å²) in [4.78, 5) is 18.9. The molecule has 1 fully saturated rings. The number of aromatic nitrogens is 1. The van der Waals surface area contributed by atoms with E-state index in [9.17, 15) is 18.0 Å². The number of alkyl halides is 3. The lowest BCUT2D eigenvalue weighted by Crippen LogP contribution is -2.26. The maximum atomic E-state index is 15.4. The van der Waals surface area contributed by atoms with E-state index in [0.717, 1.165) is 23.6 Å². The molecule has 0 aliphatic heterocycles. The maximum absolute atomic E-state index is 15.4. The molecule has 0 radical (unpaired) electrons. The molecule has 5 atom stereocenters. The summed E-state index contributed by atoms with van der Waals surface area (Å²) in [5, 5.41) is 0. The molecule has 3 aliphatic rings. The summed E-state index contributed by atoms with van der Waals surface area (Å²) in [5.74, 6) is -0.682. The number of rotatable bonds is 6. The van der Waals surface area contributed by atoms with Crippen molar-refractivity contribution in [2.45, 2.75) is 69.9 Å². The Morgan fingerprint density at radius 1 is 1.02 bits per heavy atom. The SMILES string of the molecule is CN(C)[C@H]1C[C@H](c2ccccc2C(F)(F)F)c2cc(COc3cc4c(cn3)[C@H]3[C@@H](C4)[C@@H]3C(=O)OC(C)(C)C)c(F)cc21. The van der Waals surface area contributed by atoms with Gasteiger partial charge in [0.1, 0.15) is 18.0 Å². The number of halogens is 4. The molecule has 42 heavy (non-hydrogen) atoms. The number of fused-ring (bicyclic) bond motifs is 4. The molecule has 0 bridgehead atoms. The smallest absolute Gasteiger partial charge is 0.416 e. The minimum atomic E-state index is -4.49. The van der Waals surface area contributed by atoms with Crippen LogP contribution in [0.25, 0.3) is 0 Å². The summed E-state index contributed by atoms with van der Waals surface area (Å²) in [7, 11) is 3.70. The van der Waals surface area contributed by atoms with Gasteiger partial charge in [0.15, 0.2) is 0 Å². The lowest BCUT2D eigenvalue weighted by molar-refractivity contribution is -0.157. The molecule has 1 aromatic heterocycles. The van der Waals surface area contributed by atoms with Gasteiger partial charge >= 0.3 is 12.1 Å². The van der Waals surface area contributed by atoms with Gasteiger partial charge in [0.05, 0.1) is 11.5 Å². The van der Waals surface area contributed by atoms with Crippen LogP contribution >= 0.6 is 0 Å². The molecule has 0 saturated heterocycles.